The zero-order valence-corrected chi connectivity index (χ0v) is 7.74. The van der Waals surface area contributed by atoms with Gasteiger partial charge in [0.25, 0.3) is 0 Å². The fourth-order valence-corrected chi connectivity index (χ4v) is 1.14. The number of rotatable bonds is 0. The standard InChI is InChI=1S/C8H4ClF3N2/c1-4-2-5(3-13)7(9)14-6(4)8(10,11)12/h2H,1H3. The van der Waals surface area contributed by atoms with Crippen LogP contribution >= 0.6 is 11.6 Å². The molecule has 0 saturated heterocycles. The lowest BCUT2D eigenvalue weighted by molar-refractivity contribution is -0.141. The van der Waals surface area contributed by atoms with Gasteiger partial charge < -0.3 is 0 Å². The van der Waals surface area contributed by atoms with E-state index in [9.17, 15) is 13.2 Å². The molecule has 0 spiro atoms. The quantitative estimate of drug-likeness (QED) is 0.631. The summed E-state index contributed by atoms with van der Waals surface area (Å²) >= 11 is 5.37. The van der Waals surface area contributed by atoms with Crippen LogP contribution < -0.4 is 0 Å². The van der Waals surface area contributed by atoms with E-state index in [1.807, 2.05) is 0 Å². The van der Waals surface area contributed by atoms with E-state index in [1.165, 1.54) is 6.92 Å². The van der Waals surface area contributed by atoms with Crippen molar-refractivity contribution in [2.45, 2.75) is 13.1 Å². The van der Waals surface area contributed by atoms with Crippen LogP contribution in [0.2, 0.25) is 5.15 Å². The van der Waals surface area contributed by atoms with E-state index < -0.39 is 17.0 Å². The van der Waals surface area contributed by atoms with Crippen molar-refractivity contribution in [1.29, 1.82) is 5.26 Å². The highest BCUT2D eigenvalue weighted by molar-refractivity contribution is 6.30. The van der Waals surface area contributed by atoms with Crippen molar-refractivity contribution in [3.8, 4) is 6.07 Å². The smallest absolute Gasteiger partial charge is 0.230 e. The van der Waals surface area contributed by atoms with Crippen molar-refractivity contribution in [1.82, 2.24) is 4.98 Å². The van der Waals surface area contributed by atoms with E-state index in [2.05, 4.69) is 4.98 Å². The van der Waals surface area contributed by atoms with Crippen LogP contribution in [0, 0.1) is 18.3 Å². The minimum Gasteiger partial charge on any atom is -0.230 e. The highest BCUT2D eigenvalue weighted by Gasteiger charge is 2.35. The van der Waals surface area contributed by atoms with Crippen molar-refractivity contribution >= 4 is 11.6 Å². The molecule has 0 unspecified atom stereocenters. The predicted molar refractivity (Wildman–Crippen MR) is 43.7 cm³/mol. The number of hydrogen-bond donors (Lipinski definition) is 0. The molecule has 0 saturated carbocycles. The molecule has 0 radical (unpaired) electrons. The van der Waals surface area contributed by atoms with Crippen LogP contribution in [0.3, 0.4) is 0 Å². The maximum absolute atomic E-state index is 12.3. The molecule has 0 aliphatic heterocycles. The van der Waals surface area contributed by atoms with Gasteiger partial charge in [0.05, 0.1) is 5.56 Å². The minimum atomic E-state index is -4.54. The van der Waals surface area contributed by atoms with Gasteiger partial charge in [-0.25, -0.2) is 4.98 Å². The Hall–Kier alpha value is -1.28. The molecule has 0 aliphatic rings. The normalized spacial score (nSPS) is 11.1. The molecule has 2 nitrogen and oxygen atoms in total. The highest BCUT2D eigenvalue weighted by Crippen LogP contribution is 2.31. The molecule has 0 fully saturated rings. The summed E-state index contributed by atoms with van der Waals surface area (Å²) in [5, 5.41) is 8.06. The number of nitrogens with zero attached hydrogens (tertiary/aromatic N) is 2. The summed E-state index contributed by atoms with van der Waals surface area (Å²) in [6.07, 6.45) is -4.54. The van der Waals surface area contributed by atoms with Crippen LogP contribution in [0.25, 0.3) is 0 Å². The number of hydrogen-bond acceptors (Lipinski definition) is 2. The lowest BCUT2D eigenvalue weighted by Gasteiger charge is -2.09. The van der Waals surface area contributed by atoms with Crippen molar-refractivity contribution in [3.63, 3.8) is 0 Å². The Morgan fingerprint density at radius 3 is 2.50 bits per heavy atom. The van der Waals surface area contributed by atoms with Crippen LogP contribution in [0.5, 0.6) is 0 Å². The molecule has 0 aromatic carbocycles. The molecule has 1 heterocycles. The second kappa shape index (κ2) is 3.46. The maximum atomic E-state index is 12.3. The van der Waals surface area contributed by atoms with E-state index in [0.29, 0.717) is 0 Å². The first-order chi connectivity index (χ1) is 6.36. The van der Waals surface area contributed by atoms with Gasteiger partial charge in [0.1, 0.15) is 16.9 Å². The molecule has 0 aliphatic carbocycles. The Kier molecular flexibility index (Phi) is 2.67. The largest absolute Gasteiger partial charge is 0.433 e. The minimum absolute atomic E-state index is 0.0582. The zero-order valence-electron chi connectivity index (χ0n) is 6.98. The first-order valence-corrected chi connectivity index (χ1v) is 3.88. The van der Waals surface area contributed by atoms with Gasteiger partial charge in [-0.3, -0.25) is 0 Å². The Morgan fingerprint density at radius 1 is 1.50 bits per heavy atom. The first-order valence-electron chi connectivity index (χ1n) is 3.50. The van der Waals surface area contributed by atoms with Gasteiger partial charge in [0.15, 0.2) is 0 Å². The van der Waals surface area contributed by atoms with E-state index in [1.54, 1.807) is 6.07 Å². The van der Waals surface area contributed by atoms with Crippen LogP contribution in [-0.2, 0) is 6.18 Å². The number of aryl methyl sites for hydroxylation is 1. The van der Waals surface area contributed by atoms with Crippen LogP contribution in [0.4, 0.5) is 13.2 Å². The lowest BCUT2D eigenvalue weighted by atomic mass is 10.1. The fourth-order valence-electron chi connectivity index (χ4n) is 0.956. The molecule has 1 rings (SSSR count). The number of halogens is 4. The van der Waals surface area contributed by atoms with E-state index >= 15 is 0 Å². The molecule has 0 N–H and O–H groups in total. The van der Waals surface area contributed by atoms with Gasteiger partial charge in [-0.2, -0.15) is 18.4 Å². The molecule has 14 heavy (non-hydrogen) atoms. The summed E-state index contributed by atoms with van der Waals surface area (Å²) in [5.41, 5.74) is -1.22. The van der Waals surface area contributed by atoms with Gasteiger partial charge in [-0.05, 0) is 18.6 Å². The summed E-state index contributed by atoms with van der Waals surface area (Å²) in [6.45, 7) is 1.23. The Balaban J connectivity index is 3.38. The number of alkyl halides is 3. The van der Waals surface area contributed by atoms with E-state index in [4.69, 9.17) is 16.9 Å². The van der Waals surface area contributed by atoms with Crippen LogP contribution in [0.15, 0.2) is 6.07 Å². The van der Waals surface area contributed by atoms with Gasteiger partial charge in [0, 0.05) is 0 Å². The third-order valence-electron chi connectivity index (χ3n) is 1.56. The van der Waals surface area contributed by atoms with E-state index in [0.717, 1.165) is 6.07 Å². The average molecular weight is 221 g/mol. The summed E-state index contributed by atoms with van der Waals surface area (Å²) in [4.78, 5) is 3.13. The summed E-state index contributed by atoms with van der Waals surface area (Å²) in [5.74, 6) is 0. The highest BCUT2D eigenvalue weighted by atomic mass is 35.5. The Bertz CT molecular complexity index is 406. The number of nitriles is 1. The van der Waals surface area contributed by atoms with Crippen molar-refractivity contribution < 1.29 is 13.2 Å². The molecule has 0 bridgehead atoms. The van der Waals surface area contributed by atoms with Crippen molar-refractivity contribution in [3.05, 3.63) is 28.0 Å². The maximum Gasteiger partial charge on any atom is 0.433 e. The van der Waals surface area contributed by atoms with Gasteiger partial charge in [-0.1, -0.05) is 11.6 Å². The number of aromatic nitrogens is 1. The zero-order chi connectivity index (χ0) is 10.9. The summed E-state index contributed by atoms with van der Waals surface area (Å²) < 4.78 is 36.8. The third kappa shape index (κ3) is 1.96. The van der Waals surface area contributed by atoms with E-state index in [-0.39, 0.29) is 11.1 Å². The molecular formula is C8H4ClF3N2. The van der Waals surface area contributed by atoms with Crippen molar-refractivity contribution in [2.24, 2.45) is 0 Å². The SMILES string of the molecule is Cc1cc(C#N)c(Cl)nc1C(F)(F)F. The lowest BCUT2D eigenvalue weighted by Crippen LogP contribution is -2.11. The fraction of sp³-hybridized carbons (Fsp3) is 0.250. The summed E-state index contributed by atoms with van der Waals surface area (Å²) in [7, 11) is 0. The van der Waals surface area contributed by atoms with Gasteiger partial charge >= 0.3 is 6.18 Å². The predicted octanol–water partition coefficient (Wildman–Crippen LogP) is 2.93. The topological polar surface area (TPSA) is 36.7 Å². The third-order valence-corrected chi connectivity index (χ3v) is 1.84. The van der Waals surface area contributed by atoms with Crippen LogP contribution in [-0.4, -0.2) is 4.98 Å². The second-order valence-electron chi connectivity index (χ2n) is 2.60. The molecule has 1 aromatic heterocycles. The molecule has 0 atom stereocenters. The Labute approximate surface area is 82.9 Å². The molecular weight excluding hydrogens is 217 g/mol. The molecule has 0 amide bonds. The average Bonchev–Trinajstić information content (AvgIpc) is 2.06. The first kappa shape index (κ1) is 10.8. The number of pyridine rings is 1. The molecule has 6 heteroatoms. The van der Waals surface area contributed by atoms with Crippen LogP contribution in [0.1, 0.15) is 16.8 Å². The van der Waals surface area contributed by atoms with Gasteiger partial charge in [-0.15, -0.1) is 0 Å². The van der Waals surface area contributed by atoms with Gasteiger partial charge in [0.2, 0.25) is 0 Å². The summed E-state index contributed by atoms with van der Waals surface area (Å²) in [6, 6.07) is 2.72. The molecule has 74 valence electrons. The monoisotopic (exact) mass is 220 g/mol. The molecule has 1 aromatic rings. The Morgan fingerprint density at radius 2 is 2.07 bits per heavy atom. The second-order valence-corrected chi connectivity index (χ2v) is 2.96. The van der Waals surface area contributed by atoms with Crippen molar-refractivity contribution in [2.75, 3.05) is 0 Å².